The van der Waals surface area contributed by atoms with E-state index in [1.54, 1.807) is 6.07 Å². The van der Waals surface area contributed by atoms with Crippen LogP contribution in [0, 0.1) is 0 Å². The van der Waals surface area contributed by atoms with E-state index in [1.807, 2.05) is 42.5 Å². The van der Waals surface area contributed by atoms with Gasteiger partial charge in [-0.05, 0) is 48.6 Å². The maximum atomic E-state index is 12.9. The van der Waals surface area contributed by atoms with Gasteiger partial charge in [0.05, 0.1) is 12.0 Å². The van der Waals surface area contributed by atoms with E-state index in [-0.39, 0.29) is 18.9 Å². The van der Waals surface area contributed by atoms with Gasteiger partial charge in [0.1, 0.15) is 6.61 Å². The molecule has 4 N–H and O–H groups in total. The van der Waals surface area contributed by atoms with Crippen LogP contribution in [0.5, 0.6) is 0 Å². The minimum absolute atomic E-state index is 0.0939. The zero-order valence-corrected chi connectivity index (χ0v) is 19.9. The van der Waals surface area contributed by atoms with Crippen LogP contribution in [0.25, 0.3) is 0 Å². The van der Waals surface area contributed by atoms with E-state index in [1.165, 1.54) is 5.56 Å². The highest BCUT2D eigenvalue weighted by Crippen LogP contribution is 2.24. The summed E-state index contributed by atoms with van der Waals surface area (Å²) in [5.74, 6) is -0.144. The number of rotatable bonds is 9. The molecule has 2 aromatic rings. The molecule has 2 amide bonds. The minimum Gasteiger partial charge on any atom is -0.447 e. The second kappa shape index (κ2) is 12.0. The van der Waals surface area contributed by atoms with Crippen molar-refractivity contribution in [2.24, 2.45) is 5.73 Å². The highest BCUT2D eigenvalue weighted by Gasteiger charge is 2.37. The smallest absolute Gasteiger partial charge is 0.411 e. The first-order valence-electron chi connectivity index (χ1n) is 11.4. The highest BCUT2D eigenvalue weighted by molar-refractivity contribution is 6.31. The first kappa shape index (κ1) is 25.0. The standard InChI is InChI=1S/C25H33ClN4O3/c1-2-19-7-9-21(10-8-19)28-24(32)33-18-25(11-14-30(15-12-25)16-13-27)29-23(31)17-20-5-3-4-6-22(20)26/h3-10H,2,11-18,27H2,1H3,(H,28,32)(H,29,31). The number of ether oxygens (including phenoxy) is 1. The van der Waals surface area contributed by atoms with Crippen molar-refractivity contribution < 1.29 is 14.3 Å². The Balaban J connectivity index is 1.62. The number of carbonyl (C=O) groups excluding carboxylic acids is 2. The highest BCUT2D eigenvalue weighted by atomic mass is 35.5. The lowest BCUT2D eigenvalue weighted by Crippen LogP contribution is -2.59. The maximum Gasteiger partial charge on any atom is 0.411 e. The van der Waals surface area contributed by atoms with Crippen LogP contribution in [-0.4, -0.2) is 55.2 Å². The summed E-state index contributed by atoms with van der Waals surface area (Å²) in [5, 5.41) is 6.47. The van der Waals surface area contributed by atoms with Gasteiger partial charge in [0, 0.05) is 36.9 Å². The second-order valence-corrected chi connectivity index (χ2v) is 8.89. The van der Waals surface area contributed by atoms with E-state index >= 15 is 0 Å². The van der Waals surface area contributed by atoms with Crippen molar-refractivity contribution in [2.45, 2.75) is 38.1 Å². The largest absolute Gasteiger partial charge is 0.447 e. The van der Waals surface area contributed by atoms with Gasteiger partial charge in [-0.15, -0.1) is 0 Å². The van der Waals surface area contributed by atoms with Crippen molar-refractivity contribution in [3.63, 3.8) is 0 Å². The SMILES string of the molecule is CCc1ccc(NC(=O)OCC2(NC(=O)Cc3ccccc3Cl)CCN(CCN)CC2)cc1. The molecule has 1 aliphatic rings. The molecule has 0 atom stereocenters. The third-order valence-electron chi connectivity index (χ3n) is 6.06. The average Bonchev–Trinajstić information content (AvgIpc) is 2.81. The molecule has 1 heterocycles. The molecule has 1 fully saturated rings. The molecular weight excluding hydrogens is 440 g/mol. The minimum atomic E-state index is -0.632. The Bertz CT molecular complexity index is 928. The number of hydrogen-bond acceptors (Lipinski definition) is 5. The van der Waals surface area contributed by atoms with Gasteiger partial charge in [-0.3, -0.25) is 10.1 Å². The summed E-state index contributed by atoms with van der Waals surface area (Å²) in [4.78, 5) is 27.6. The molecule has 0 unspecified atom stereocenters. The number of aryl methyl sites for hydroxylation is 1. The van der Waals surface area contributed by atoms with Gasteiger partial charge in [-0.2, -0.15) is 0 Å². The number of benzene rings is 2. The van der Waals surface area contributed by atoms with Crippen LogP contribution in [0.1, 0.15) is 30.9 Å². The lowest BCUT2D eigenvalue weighted by atomic mass is 9.87. The van der Waals surface area contributed by atoms with E-state index in [2.05, 4.69) is 22.5 Å². The van der Waals surface area contributed by atoms with Crippen LogP contribution < -0.4 is 16.4 Å². The summed E-state index contributed by atoms with van der Waals surface area (Å²) >= 11 is 6.22. The zero-order chi connectivity index (χ0) is 23.7. The van der Waals surface area contributed by atoms with E-state index in [0.29, 0.717) is 30.1 Å². The maximum absolute atomic E-state index is 12.9. The van der Waals surface area contributed by atoms with Crippen molar-refractivity contribution in [3.05, 3.63) is 64.7 Å². The van der Waals surface area contributed by atoms with Crippen molar-refractivity contribution >= 4 is 29.3 Å². The molecule has 1 aliphatic heterocycles. The lowest BCUT2D eigenvalue weighted by Gasteiger charge is -2.41. The summed E-state index contributed by atoms with van der Waals surface area (Å²) in [6.07, 6.45) is 1.90. The van der Waals surface area contributed by atoms with Crippen molar-refractivity contribution in [3.8, 4) is 0 Å². The molecule has 8 heteroatoms. The first-order valence-corrected chi connectivity index (χ1v) is 11.8. The lowest BCUT2D eigenvalue weighted by molar-refractivity contribution is -0.123. The molecule has 2 aromatic carbocycles. The predicted octanol–water partition coefficient (Wildman–Crippen LogP) is 3.60. The Kier molecular flexibility index (Phi) is 9.11. The fourth-order valence-corrected chi connectivity index (χ4v) is 4.23. The molecule has 0 spiro atoms. The molecule has 1 saturated heterocycles. The van der Waals surface area contributed by atoms with Gasteiger partial charge in [-0.1, -0.05) is 48.9 Å². The van der Waals surface area contributed by atoms with Crippen molar-refractivity contribution in [2.75, 3.05) is 38.1 Å². The second-order valence-electron chi connectivity index (χ2n) is 8.48. The number of piperidine rings is 1. The molecule has 3 rings (SSSR count). The number of nitrogens with one attached hydrogen (secondary N) is 2. The number of carbonyl (C=O) groups is 2. The summed E-state index contributed by atoms with van der Waals surface area (Å²) in [6, 6.07) is 15.0. The average molecular weight is 473 g/mol. The Hall–Kier alpha value is -2.61. The molecule has 178 valence electrons. The third kappa shape index (κ3) is 7.45. The first-order chi connectivity index (χ1) is 15.9. The molecule has 0 radical (unpaired) electrons. The number of nitrogens with two attached hydrogens (primary N) is 1. The van der Waals surface area contributed by atoms with Crippen LogP contribution in [-0.2, 0) is 22.4 Å². The summed E-state index contributed by atoms with van der Waals surface area (Å²) in [7, 11) is 0. The van der Waals surface area contributed by atoms with Gasteiger partial charge >= 0.3 is 6.09 Å². The Morgan fingerprint density at radius 1 is 1.12 bits per heavy atom. The fraction of sp³-hybridized carbons (Fsp3) is 0.440. The molecule has 0 bridgehead atoms. The van der Waals surface area contributed by atoms with Gasteiger partial charge in [-0.25, -0.2) is 4.79 Å². The topological polar surface area (TPSA) is 96.7 Å². The van der Waals surface area contributed by atoms with Gasteiger partial charge < -0.3 is 20.7 Å². The Morgan fingerprint density at radius 3 is 2.45 bits per heavy atom. The molecule has 7 nitrogen and oxygen atoms in total. The van der Waals surface area contributed by atoms with Crippen LogP contribution in [0.3, 0.4) is 0 Å². The summed E-state index contributed by atoms with van der Waals surface area (Å²) in [6.45, 7) is 5.10. The van der Waals surface area contributed by atoms with Crippen LogP contribution in [0.15, 0.2) is 48.5 Å². The Morgan fingerprint density at radius 2 is 1.82 bits per heavy atom. The summed E-state index contributed by atoms with van der Waals surface area (Å²) < 4.78 is 5.58. The third-order valence-corrected chi connectivity index (χ3v) is 6.43. The van der Waals surface area contributed by atoms with Gasteiger partial charge in [0.2, 0.25) is 5.91 Å². The van der Waals surface area contributed by atoms with E-state index in [4.69, 9.17) is 22.1 Å². The molecule has 0 aliphatic carbocycles. The number of nitrogens with zero attached hydrogens (tertiary/aromatic N) is 1. The molecule has 0 saturated carbocycles. The normalized spacial score (nSPS) is 15.6. The van der Waals surface area contributed by atoms with Gasteiger partial charge in [0.25, 0.3) is 0 Å². The zero-order valence-electron chi connectivity index (χ0n) is 19.1. The van der Waals surface area contributed by atoms with Gasteiger partial charge in [0.15, 0.2) is 0 Å². The number of halogens is 1. The van der Waals surface area contributed by atoms with Crippen LogP contribution >= 0.6 is 11.6 Å². The fourth-order valence-electron chi connectivity index (χ4n) is 4.03. The number of hydrogen-bond donors (Lipinski definition) is 3. The monoisotopic (exact) mass is 472 g/mol. The molecule has 0 aromatic heterocycles. The number of likely N-dealkylation sites (tertiary alicyclic amines) is 1. The van der Waals surface area contributed by atoms with Crippen molar-refractivity contribution in [1.82, 2.24) is 10.2 Å². The van der Waals surface area contributed by atoms with E-state index in [0.717, 1.165) is 31.6 Å². The van der Waals surface area contributed by atoms with Crippen LogP contribution in [0.4, 0.5) is 10.5 Å². The van der Waals surface area contributed by atoms with E-state index < -0.39 is 11.6 Å². The quantitative estimate of drug-likeness (QED) is 0.518. The van der Waals surface area contributed by atoms with E-state index in [9.17, 15) is 9.59 Å². The Labute approximate surface area is 200 Å². The predicted molar refractivity (Wildman–Crippen MR) is 132 cm³/mol. The van der Waals surface area contributed by atoms with Crippen LogP contribution in [0.2, 0.25) is 5.02 Å². The summed E-state index contributed by atoms with van der Waals surface area (Å²) in [5.41, 5.74) is 7.70. The molecule has 33 heavy (non-hydrogen) atoms. The molecular formula is C25H33ClN4O3. The number of anilines is 1. The number of amides is 2. The van der Waals surface area contributed by atoms with Crippen molar-refractivity contribution in [1.29, 1.82) is 0 Å².